The van der Waals surface area contributed by atoms with Gasteiger partial charge in [-0.2, -0.15) is 0 Å². The largest absolute Gasteiger partial charge is 0.361 e. The van der Waals surface area contributed by atoms with Crippen molar-refractivity contribution in [1.29, 1.82) is 0 Å². The van der Waals surface area contributed by atoms with Crippen molar-refractivity contribution in [1.82, 2.24) is 4.98 Å². The zero-order valence-electron chi connectivity index (χ0n) is 9.46. The Morgan fingerprint density at radius 3 is 2.43 bits per heavy atom. The third kappa shape index (κ3) is 1.98. The van der Waals surface area contributed by atoms with Gasteiger partial charge in [-0.25, -0.2) is 0 Å². The molecule has 0 saturated heterocycles. The number of rotatable bonds is 1. The highest BCUT2D eigenvalue weighted by Crippen LogP contribution is 2.24. The van der Waals surface area contributed by atoms with E-state index in [1.54, 1.807) is 0 Å². The van der Waals surface area contributed by atoms with E-state index in [9.17, 15) is 0 Å². The summed E-state index contributed by atoms with van der Waals surface area (Å²) in [6.07, 6.45) is 2.11. The molecule has 78 valence electrons. The van der Waals surface area contributed by atoms with Gasteiger partial charge >= 0.3 is 0 Å². The van der Waals surface area contributed by atoms with Crippen LogP contribution in [-0.4, -0.2) is 4.98 Å². The van der Waals surface area contributed by atoms with E-state index in [4.69, 9.17) is 0 Å². The SMILES string of the molecule is CC.CC(C)c1c[nH]c2ccccc12.[HH]. The summed E-state index contributed by atoms with van der Waals surface area (Å²) in [6.45, 7) is 8.44. The van der Waals surface area contributed by atoms with E-state index in [1.807, 2.05) is 13.8 Å². The monoisotopic (exact) mass is 191 g/mol. The van der Waals surface area contributed by atoms with Gasteiger partial charge in [0.2, 0.25) is 0 Å². The molecule has 0 amide bonds. The molecule has 2 rings (SSSR count). The Bertz CT molecular complexity index is 390. The highest BCUT2D eigenvalue weighted by Gasteiger charge is 2.04. The molecule has 1 aromatic carbocycles. The number of nitrogens with one attached hydrogen (secondary N) is 1. The number of hydrogen-bond acceptors (Lipinski definition) is 0. The minimum Gasteiger partial charge on any atom is -0.361 e. The van der Waals surface area contributed by atoms with Crippen molar-refractivity contribution in [2.75, 3.05) is 0 Å². The lowest BCUT2D eigenvalue weighted by Crippen LogP contribution is -1.82. The first-order valence-electron chi connectivity index (χ1n) is 5.35. The van der Waals surface area contributed by atoms with Crippen LogP contribution in [0.1, 0.15) is 40.6 Å². The first kappa shape index (κ1) is 10.8. The van der Waals surface area contributed by atoms with E-state index < -0.39 is 0 Å². The maximum Gasteiger partial charge on any atom is 0.0456 e. The van der Waals surface area contributed by atoms with Gasteiger partial charge in [-0.05, 0) is 17.5 Å². The minimum atomic E-state index is 0. The highest BCUT2D eigenvalue weighted by atomic mass is 14.7. The van der Waals surface area contributed by atoms with Crippen molar-refractivity contribution < 1.29 is 1.43 Å². The molecule has 0 bridgehead atoms. The topological polar surface area (TPSA) is 15.8 Å². The summed E-state index contributed by atoms with van der Waals surface area (Å²) in [5.74, 6) is 0.598. The maximum atomic E-state index is 3.27. The molecule has 1 heterocycles. The molecule has 0 aliphatic rings. The molecule has 0 fully saturated rings. The van der Waals surface area contributed by atoms with Gasteiger partial charge < -0.3 is 4.98 Å². The van der Waals surface area contributed by atoms with E-state index in [2.05, 4.69) is 49.3 Å². The fraction of sp³-hybridized carbons (Fsp3) is 0.385. The molecule has 1 nitrogen and oxygen atoms in total. The first-order chi connectivity index (χ1) is 6.79. The Labute approximate surface area is 87.6 Å². The standard InChI is InChI=1S/C11H13N.C2H6.H2/c1-8(2)10-7-12-11-6-4-3-5-9(10)11;1-2;/h3-8,12H,1-2H3;1-2H3;1H. The van der Waals surface area contributed by atoms with Crippen LogP contribution in [0.25, 0.3) is 10.9 Å². The lowest BCUT2D eigenvalue weighted by Gasteiger charge is -2.00. The van der Waals surface area contributed by atoms with E-state index in [0.717, 1.165) is 0 Å². The Balaban J connectivity index is 0.000000617. The predicted molar refractivity (Wildman–Crippen MR) is 65.8 cm³/mol. The number of aromatic amines is 1. The van der Waals surface area contributed by atoms with Gasteiger partial charge in [0.1, 0.15) is 0 Å². The molecule has 0 aliphatic heterocycles. The normalized spacial score (nSPS) is 10.1. The van der Waals surface area contributed by atoms with Crippen LogP contribution in [0.4, 0.5) is 0 Å². The van der Waals surface area contributed by atoms with Gasteiger partial charge in [0, 0.05) is 18.5 Å². The summed E-state index contributed by atoms with van der Waals surface area (Å²) in [4.78, 5) is 3.27. The number of fused-ring (bicyclic) bond motifs is 1. The molecule has 1 N–H and O–H groups in total. The van der Waals surface area contributed by atoms with E-state index in [-0.39, 0.29) is 1.43 Å². The van der Waals surface area contributed by atoms with Crippen LogP contribution in [0.2, 0.25) is 0 Å². The predicted octanol–water partition coefficient (Wildman–Crippen LogP) is 4.56. The maximum absolute atomic E-state index is 3.27. The highest BCUT2D eigenvalue weighted by molar-refractivity contribution is 5.83. The van der Waals surface area contributed by atoms with E-state index >= 15 is 0 Å². The Kier molecular flexibility index (Phi) is 3.75. The van der Waals surface area contributed by atoms with Gasteiger partial charge in [0.15, 0.2) is 0 Å². The van der Waals surface area contributed by atoms with Crippen LogP contribution in [0.3, 0.4) is 0 Å². The van der Waals surface area contributed by atoms with Gasteiger partial charge in [0.25, 0.3) is 0 Å². The number of hydrogen-bond donors (Lipinski definition) is 1. The fourth-order valence-electron chi connectivity index (χ4n) is 1.57. The summed E-state index contributed by atoms with van der Waals surface area (Å²) in [6, 6.07) is 8.42. The third-order valence-electron chi connectivity index (χ3n) is 2.24. The summed E-state index contributed by atoms with van der Waals surface area (Å²) in [5, 5.41) is 1.35. The van der Waals surface area contributed by atoms with Crippen molar-refractivity contribution >= 4 is 10.9 Å². The molecule has 1 heteroatoms. The second-order valence-corrected chi connectivity index (χ2v) is 3.44. The lowest BCUT2D eigenvalue weighted by atomic mass is 10.0. The molecule has 0 unspecified atom stereocenters. The Morgan fingerprint density at radius 2 is 1.79 bits per heavy atom. The van der Waals surface area contributed by atoms with Crippen LogP contribution in [-0.2, 0) is 0 Å². The molecular formula is C13H21N. The molecule has 0 atom stereocenters. The van der Waals surface area contributed by atoms with E-state index in [0.29, 0.717) is 5.92 Å². The second-order valence-electron chi connectivity index (χ2n) is 3.44. The average molecular weight is 191 g/mol. The van der Waals surface area contributed by atoms with Crippen molar-refractivity contribution in [3.8, 4) is 0 Å². The van der Waals surface area contributed by atoms with Gasteiger partial charge in [-0.15, -0.1) is 0 Å². The van der Waals surface area contributed by atoms with Crippen LogP contribution in [0.5, 0.6) is 0 Å². The molecule has 1 aromatic heterocycles. The minimum absolute atomic E-state index is 0. The lowest BCUT2D eigenvalue weighted by molar-refractivity contribution is 0.875. The molecular weight excluding hydrogens is 170 g/mol. The van der Waals surface area contributed by atoms with Crippen LogP contribution in [0.15, 0.2) is 30.5 Å². The van der Waals surface area contributed by atoms with Gasteiger partial charge in [0.05, 0.1) is 0 Å². The zero-order chi connectivity index (χ0) is 10.6. The summed E-state index contributed by atoms with van der Waals surface area (Å²) in [7, 11) is 0. The molecule has 0 saturated carbocycles. The average Bonchev–Trinajstić information content (AvgIpc) is 2.64. The number of benzene rings is 1. The zero-order valence-corrected chi connectivity index (χ0v) is 9.46. The molecule has 2 aromatic rings. The molecule has 0 spiro atoms. The smallest absolute Gasteiger partial charge is 0.0456 e. The van der Waals surface area contributed by atoms with E-state index in [1.165, 1.54) is 16.5 Å². The van der Waals surface area contributed by atoms with Gasteiger partial charge in [-0.3, -0.25) is 0 Å². The van der Waals surface area contributed by atoms with Crippen LogP contribution < -0.4 is 0 Å². The number of para-hydroxylation sites is 1. The second kappa shape index (κ2) is 4.85. The molecule has 14 heavy (non-hydrogen) atoms. The quantitative estimate of drug-likeness (QED) is 0.680. The van der Waals surface area contributed by atoms with Crippen LogP contribution >= 0.6 is 0 Å². The summed E-state index contributed by atoms with van der Waals surface area (Å²) in [5.41, 5.74) is 2.65. The van der Waals surface area contributed by atoms with Gasteiger partial charge in [-0.1, -0.05) is 45.9 Å². The van der Waals surface area contributed by atoms with Crippen molar-refractivity contribution in [2.45, 2.75) is 33.6 Å². The van der Waals surface area contributed by atoms with Crippen molar-refractivity contribution in [3.63, 3.8) is 0 Å². The van der Waals surface area contributed by atoms with Crippen molar-refractivity contribution in [3.05, 3.63) is 36.0 Å². The third-order valence-corrected chi connectivity index (χ3v) is 2.24. The fourth-order valence-corrected chi connectivity index (χ4v) is 1.57. The summed E-state index contributed by atoms with van der Waals surface area (Å²) < 4.78 is 0. The Morgan fingerprint density at radius 1 is 1.14 bits per heavy atom. The van der Waals surface area contributed by atoms with Crippen molar-refractivity contribution in [2.24, 2.45) is 0 Å². The Hall–Kier alpha value is -1.24. The molecule has 0 radical (unpaired) electrons. The summed E-state index contributed by atoms with van der Waals surface area (Å²) >= 11 is 0. The first-order valence-corrected chi connectivity index (χ1v) is 5.35. The number of H-pyrrole nitrogens is 1. The molecule has 0 aliphatic carbocycles. The number of aromatic nitrogens is 1. The van der Waals surface area contributed by atoms with Crippen LogP contribution in [0, 0.1) is 0 Å².